The van der Waals surface area contributed by atoms with Gasteiger partial charge >= 0.3 is 6.09 Å². The molecule has 6 heteroatoms. The lowest BCUT2D eigenvalue weighted by Crippen LogP contribution is -2.40. The van der Waals surface area contributed by atoms with Gasteiger partial charge in [0.1, 0.15) is 5.60 Å². The van der Waals surface area contributed by atoms with Crippen molar-refractivity contribution in [3.05, 3.63) is 47.4 Å². The van der Waals surface area contributed by atoms with Crippen LogP contribution in [0.15, 0.2) is 36.5 Å². The molecule has 0 fully saturated rings. The maximum Gasteiger partial charge on any atom is 0.410 e. The lowest BCUT2D eigenvalue weighted by molar-refractivity contribution is 0.0172. The van der Waals surface area contributed by atoms with Gasteiger partial charge in [0.05, 0.1) is 5.69 Å². The minimum Gasteiger partial charge on any atom is -0.444 e. The quantitative estimate of drug-likeness (QED) is 0.723. The molecule has 0 aliphatic rings. The Balaban J connectivity index is 2.23. The van der Waals surface area contributed by atoms with E-state index in [1.807, 2.05) is 58.9 Å². The first-order chi connectivity index (χ1) is 11.7. The molecule has 1 aromatic heterocycles. The minimum atomic E-state index is -0.524. The molecule has 5 nitrogen and oxygen atoms in total. The van der Waals surface area contributed by atoms with Crippen molar-refractivity contribution in [2.24, 2.45) is 0 Å². The number of amides is 1. The molecule has 0 saturated carbocycles. The van der Waals surface area contributed by atoms with Crippen molar-refractivity contribution in [1.29, 1.82) is 0 Å². The second-order valence-electron chi connectivity index (χ2n) is 7.11. The van der Waals surface area contributed by atoms with Crippen LogP contribution in [-0.2, 0) is 11.3 Å². The molecule has 1 amide bonds. The number of aromatic nitrogens is 2. The number of nitrogens with zero attached hydrogens (tertiary/aromatic N) is 3. The number of rotatable bonds is 4. The third-order valence-electron chi connectivity index (χ3n) is 3.45. The van der Waals surface area contributed by atoms with Crippen molar-refractivity contribution >= 4 is 17.7 Å². The van der Waals surface area contributed by atoms with Crippen molar-refractivity contribution in [3.8, 4) is 11.3 Å². The maximum absolute atomic E-state index is 12.5. The number of ether oxygens (including phenoxy) is 1. The van der Waals surface area contributed by atoms with E-state index in [0.29, 0.717) is 6.54 Å². The van der Waals surface area contributed by atoms with Crippen molar-refractivity contribution in [1.82, 2.24) is 14.9 Å². The van der Waals surface area contributed by atoms with Gasteiger partial charge in [0, 0.05) is 24.3 Å². The summed E-state index contributed by atoms with van der Waals surface area (Å²) in [6.45, 7) is 9.99. The number of hydrogen-bond acceptors (Lipinski definition) is 4. The third-order valence-corrected chi connectivity index (χ3v) is 3.64. The summed E-state index contributed by atoms with van der Waals surface area (Å²) in [6, 6.07) is 9.69. The van der Waals surface area contributed by atoms with E-state index in [1.165, 1.54) is 0 Å². The Labute approximate surface area is 154 Å². The van der Waals surface area contributed by atoms with Crippen LogP contribution in [0.1, 0.15) is 40.2 Å². The van der Waals surface area contributed by atoms with E-state index in [-0.39, 0.29) is 17.4 Å². The zero-order valence-electron chi connectivity index (χ0n) is 15.3. The first kappa shape index (κ1) is 19.2. The first-order valence-electron chi connectivity index (χ1n) is 8.23. The fraction of sp³-hybridized carbons (Fsp3) is 0.421. The summed E-state index contributed by atoms with van der Waals surface area (Å²) in [5.41, 5.74) is 2.14. The number of carbonyl (C=O) groups excluding carboxylic acids is 1. The van der Waals surface area contributed by atoms with Gasteiger partial charge in [-0.15, -0.1) is 0 Å². The van der Waals surface area contributed by atoms with Crippen LogP contribution in [0.2, 0.25) is 5.28 Å². The molecule has 2 rings (SSSR count). The number of halogens is 1. The number of hydrogen-bond donors (Lipinski definition) is 0. The summed E-state index contributed by atoms with van der Waals surface area (Å²) in [7, 11) is 0. The van der Waals surface area contributed by atoms with Crippen LogP contribution in [0.4, 0.5) is 4.79 Å². The summed E-state index contributed by atoms with van der Waals surface area (Å²) in [4.78, 5) is 22.3. The van der Waals surface area contributed by atoms with Gasteiger partial charge in [-0.2, -0.15) is 0 Å². The second-order valence-corrected chi connectivity index (χ2v) is 7.45. The van der Waals surface area contributed by atoms with Crippen molar-refractivity contribution < 1.29 is 9.53 Å². The van der Waals surface area contributed by atoms with Crippen molar-refractivity contribution in [2.75, 3.05) is 0 Å². The topological polar surface area (TPSA) is 55.3 Å². The van der Waals surface area contributed by atoms with Crippen molar-refractivity contribution in [2.45, 2.75) is 52.8 Å². The predicted octanol–water partition coefficient (Wildman–Crippen LogP) is 4.94. The fourth-order valence-electron chi connectivity index (χ4n) is 2.30. The molecular weight excluding hydrogens is 338 g/mol. The molecule has 0 unspecified atom stereocenters. The summed E-state index contributed by atoms with van der Waals surface area (Å²) in [5, 5.41) is 0.209. The average Bonchev–Trinajstić information content (AvgIpc) is 2.51. The Morgan fingerprint density at radius 2 is 2.00 bits per heavy atom. The highest BCUT2D eigenvalue weighted by Gasteiger charge is 2.24. The highest BCUT2D eigenvalue weighted by atomic mass is 35.5. The van der Waals surface area contributed by atoms with Crippen molar-refractivity contribution in [3.63, 3.8) is 0 Å². The maximum atomic E-state index is 12.5. The van der Waals surface area contributed by atoms with Crippen LogP contribution >= 0.6 is 11.6 Å². The molecule has 134 valence electrons. The Morgan fingerprint density at radius 3 is 2.60 bits per heavy atom. The Bertz CT molecular complexity index is 741. The van der Waals surface area contributed by atoms with E-state index >= 15 is 0 Å². The molecule has 0 atom stereocenters. The van der Waals surface area contributed by atoms with Crippen LogP contribution in [0.25, 0.3) is 11.3 Å². The van der Waals surface area contributed by atoms with Gasteiger partial charge in [0.2, 0.25) is 5.28 Å². The van der Waals surface area contributed by atoms with E-state index in [9.17, 15) is 4.79 Å². The molecule has 25 heavy (non-hydrogen) atoms. The largest absolute Gasteiger partial charge is 0.444 e. The molecule has 1 heterocycles. The van der Waals surface area contributed by atoms with E-state index < -0.39 is 5.60 Å². The van der Waals surface area contributed by atoms with Gasteiger partial charge in [0.15, 0.2) is 0 Å². The Hall–Kier alpha value is -2.14. The summed E-state index contributed by atoms with van der Waals surface area (Å²) in [6.07, 6.45) is 1.30. The SMILES string of the molecule is CC(C)N(Cc1cccc(-c2ccnc(Cl)n2)c1)C(=O)OC(C)(C)C. The molecule has 0 radical (unpaired) electrons. The lowest BCUT2D eigenvalue weighted by Gasteiger charge is -2.30. The highest BCUT2D eigenvalue weighted by Crippen LogP contribution is 2.21. The van der Waals surface area contributed by atoms with E-state index in [4.69, 9.17) is 16.3 Å². The van der Waals surface area contributed by atoms with Gasteiger partial charge in [-0.05, 0) is 63.9 Å². The van der Waals surface area contributed by atoms with Crippen LogP contribution in [-0.4, -0.2) is 32.6 Å². The molecule has 0 N–H and O–H groups in total. The van der Waals surface area contributed by atoms with Crippen LogP contribution in [0.5, 0.6) is 0 Å². The van der Waals surface area contributed by atoms with Crippen LogP contribution in [0.3, 0.4) is 0 Å². The molecule has 2 aromatic rings. The van der Waals surface area contributed by atoms with Crippen LogP contribution in [0, 0.1) is 0 Å². The van der Waals surface area contributed by atoms with Gasteiger partial charge < -0.3 is 9.64 Å². The van der Waals surface area contributed by atoms with E-state index in [2.05, 4.69) is 9.97 Å². The van der Waals surface area contributed by atoms with Gasteiger partial charge in [-0.25, -0.2) is 14.8 Å². The fourth-order valence-corrected chi connectivity index (χ4v) is 2.45. The Kier molecular flexibility index (Phi) is 6.01. The third kappa shape index (κ3) is 5.71. The van der Waals surface area contributed by atoms with Gasteiger partial charge in [0.25, 0.3) is 0 Å². The minimum absolute atomic E-state index is 0.0204. The van der Waals surface area contributed by atoms with Gasteiger partial charge in [-0.1, -0.05) is 18.2 Å². The predicted molar refractivity (Wildman–Crippen MR) is 99.4 cm³/mol. The summed E-state index contributed by atoms with van der Waals surface area (Å²) in [5.74, 6) is 0. The zero-order chi connectivity index (χ0) is 18.6. The smallest absolute Gasteiger partial charge is 0.410 e. The monoisotopic (exact) mass is 361 g/mol. The highest BCUT2D eigenvalue weighted by molar-refractivity contribution is 6.28. The number of carbonyl (C=O) groups is 1. The number of benzene rings is 1. The Morgan fingerprint density at radius 1 is 1.28 bits per heavy atom. The summed E-state index contributed by atoms with van der Waals surface area (Å²) < 4.78 is 5.51. The molecule has 0 saturated heterocycles. The van der Waals surface area contributed by atoms with Gasteiger partial charge in [-0.3, -0.25) is 0 Å². The first-order valence-corrected chi connectivity index (χ1v) is 8.61. The molecule has 0 aliphatic heterocycles. The lowest BCUT2D eigenvalue weighted by atomic mass is 10.1. The second kappa shape index (κ2) is 7.83. The average molecular weight is 362 g/mol. The zero-order valence-corrected chi connectivity index (χ0v) is 16.0. The summed E-state index contributed by atoms with van der Waals surface area (Å²) >= 11 is 5.87. The molecule has 0 aliphatic carbocycles. The van der Waals surface area contributed by atoms with E-state index in [0.717, 1.165) is 16.8 Å². The normalized spacial score (nSPS) is 11.5. The van der Waals surface area contributed by atoms with Crippen LogP contribution < -0.4 is 0 Å². The molecular formula is C19H24ClN3O2. The molecule has 0 spiro atoms. The molecule has 1 aromatic carbocycles. The van der Waals surface area contributed by atoms with E-state index in [1.54, 1.807) is 17.2 Å². The molecule has 0 bridgehead atoms. The standard InChI is InChI=1S/C19H24ClN3O2/c1-13(2)23(18(24)25-19(3,4)5)12-14-7-6-8-15(11-14)16-9-10-21-17(20)22-16/h6-11,13H,12H2,1-5H3.